The maximum atomic E-state index is 12.0. The summed E-state index contributed by atoms with van der Waals surface area (Å²) >= 11 is 1.79. The first-order chi connectivity index (χ1) is 10.8. The van der Waals surface area contributed by atoms with Crippen molar-refractivity contribution in [3.63, 3.8) is 0 Å². The second-order valence-corrected chi connectivity index (χ2v) is 11.1. The molecule has 0 spiro atoms. The Morgan fingerprint density at radius 2 is 1.65 bits per heavy atom. The van der Waals surface area contributed by atoms with Crippen LogP contribution in [-0.2, 0) is 16.3 Å². The smallest absolute Gasteiger partial charge is 0.155 e. The van der Waals surface area contributed by atoms with Crippen LogP contribution < -0.4 is 0 Å². The third-order valence-corrected chi connectivity index (χ3v) is 7.92. The van der Waals surface area contributed by atoms with Gasteiger partial charge in [-0.2, -0.15) is 0 Å². The molecule has 1 heterocycles. The molecule has 0 N–H and O–H groups in total. The van der Waals surface area contributed by atoms with E-state index in [0.717, 1.165) is 25.7 Å². The van der Waals surface area contributed by atoms with Gasteiger partial charge in [0.15, 0.2) is 9.84 Å². The van der Waals surface area contributed by atoms with E-state index in [-0.39, 0.29) is 0 Å². The highest BCUT2D eigenvalue weighted by Gasteiger charge is 2.27. The van der Waals surface area contributed by atoms with Crippen molar-refractivity contribution in [2.24, 2.45) is 0 Å². The molecule has 0 amide bonds. The van der Waals surface area contributed by atoms with Crippen LogP contribution in [0.15, 0.2) is 29.6 Å². The molecule has 0 aliphatic rings. The summed E-state index contributed by atoms with van der Waals surface area (Å²) in [5.41, 5.74) is 1.41. The molecule has 0 bridgehead atoms. The highest BCUT2D eigenvalue weighted by atomic mass is 32.2. The fraction of sp³-hybridized carbons (Fsp3) is 0.579. The largest absolute Gasteiger partial charge is 0.228 e. The first-order valence-electron chi connectivity index (χ1n) is 8.48. The molecule has 23 heavy (non-hydrogen) atoms. The van der Waals surface area contributed by atoms with E-state index >= 15 is 0 Å². The lowest BCUT2D eigenvalue weighted by Crippen LogP contribution is -2.30. The molecule has 1 aromatic heterocycles. The summed E-state index contributed by atoms with van der Waals surface area (Å²) in [6, 6.07) is 8.92. The van der Waals surface area contributed by atoms with Crippen LogP contribution in [0.4, 0.5) is 0 Å². The molecular weight excluding hydrogens is 324 g/mol. The minimum Gasteiger partial charge on any atom is -0.228 e. The summed E-state index contributed by atoms with van der Waals surface area (Å²) in [6.07, 6.45) is 6.41. The highest BCUT2D eigenvalue weighted by Crippen LogP contribution is 2.23. The van der Waals surface area contributed by atoms with Crippen molar-refractivity contribution in [2.75, 3.05) is 5.75 Å². The maximum absolute atomic E-state index is 12.0. The summed E-state index contributed by atoms with van der Waals surface area (Å²) in [5, 5.41) is 3.49. The summed E-state index contributed by atoms with van der Waals surface area (Å²) in [4.78, 5) is 0. The van der Waals surface area contributed by atoms with Crippen molar-refractivity contribution in [3.05, 3.63) is 35.2 Å². The Labute approximate surface area is 144 Å². The monoisotopic (exact) mass is 352 g/mol. The molecule has 0 aliphatic heterocycles. The van der Waals surface area contributed by atoms with Crippen LogP contribution >= 0.6 is 11.3 Å². The summed E-state index contributed by atoms with van der Waals surface area (Å²) in [6.45, 7) is 5.35. The minimum absolute atomic E-state index is 0.325. The molecule has 2 rings (SSSR count). The lowest BCUT2D eigenvalue weighted by Gasteiger charge is -2.18. The normalized spacial score (nSPS) is 12.8. The Balaban J connectivity index is 1.63. The van der Waals surface area contributed by atoms with Crippen molar-refractivity contribution < 1.29 is 8.42 Å². The molecule has 128 valence electrons. The van der Waals surface area contributed by atoms with Crippen molar-refractivity contribution >= 4 is 31.3 Å². The average Bonchev–Trinajstić information content (AvgIpc) is 2.92. The molecule has 0 radical (unpaired) electrons. The minimum atomic E-state index is -2.95. The van der Waals surface area contributed by atoms with E-state index in [0.29, 0.717) is 5.75 Å². The van der Waals surface area contributed by atoms with Gasteiger partial charge in [0.2, 0.25) is 0 Å². The number of aryl methyl sites for hydroxylation is 1. The lowest BCUT2D eigenvalue weighted by molar-refractivity contribution is 0.552. The average molecular weight is 353 g/mol. The first kappa shape index (κ1) is 18.5. The van der Waals surface area contributed by atoms with E-state index in [1.54, 1.807) is 32.1 Å². The number of sulfone groups is 1. The molecule has 1 aromatic carbocycles. The van der Waals surface area contributed by atoms with Crippen molar-refractivity contribution in [1.82, 2.24) is 0 Å². The Morgan fingerprint density at radius 3 is 2.39 bits per heavy atom. The molecule has 0 aliphatic carbocycles. The van der Waals surface area contributed by atoms with E-state index in [1.807, 2.05) is 0 Å². The quantitative estimate of drug-likeness (QED) is 0.579. The van der Waals surface area contributed by atoms with Gasteiger partial charge < -0.3 is 0 Å². The molecule has 0 saturated heterocycles. The van der Waals surface area contributed by atoms with Crippen LogP contribution in [0.1, 0.15) is 58.4 Å². The van der Waals surface area contributed by atoms with Crippen molar-refractivity contribution in [3.8, 4) is 0 Å². The number of benzene rings is 1. The number of fused-ring (bicyclic) bond motifs is 1. The Bertz CT molecular complexity index is 721. The number of rotatable bonds is 8. The van der Waals surface area contributed by atoms with Gasteiger partial charge in [0.05, 0.1) is 10.5 Å². The zero-order chi connectivity index (χ0) is 16.9. The van der Waals surface area contributed by atoms with Crippen molar-refractivity contribution in [1.29, 1.82) is 0 Å². The maximum Gasteiger partial charge on any atom is 0.155 e. The molecule has 0 saturated carbocycles. The second-order valence-electron chi connectivity index (χ2n) is 7.24. The second kappa shape index (κ2) is 7.80. The Hall–Kier alpha value is -0.870. The van der Waals surface area contributed by atoms with Gasteiger partial charge in [0, 0.05) is 4.70 Å². The molecule has 2 nitrogen and oxygen atoms in total. The summed E-state index contributed by atoms with van der Waals surface area (Å²) in [5.74, 6) is 0.325. The topological polar surface area (TPSA) is 34.1 Å². The van der Waals surface area contributed by atoms with Gasteiger partial charge in [-0.05, 0) is 68.5 Å². The van der Waals surface area contributed by atoms with Crippen LogP contribution in [0.2, 0.25) is 0 Å². The zero-order valence-electron chi connectivity index (χ0n) is 14.5. The standard InChI is InChI=1S/C19H28O2S2/c1-19(2,3)23(20,21)14-8-6-4-5-7-9-16-10-11-18-17(15-16)12-13-22-18/h10-13,15H,4-9,14H2,1-3H3. The van der Waals surface area contributed by atoms with Crippen LogP contribution in [0.5, 0.6) is 0 Å². The van der Waals surface area contributed by atoms with Gasteiger partial charge in [-0.1, -0.05) is 31.4 Å². The van der Waals surface area contributed by atoms with Gasteiger partial charge in [-0.3, -0.25) is 0 Å². The number of hydrogen-bond donors (Lipinski definition) is 0. The van der Waals surface area contributed by atoms with Crippen LogP contribution in [0.3, 0.4) is 0 Å². The SMILES string of the molecule is CC(C)(C)S(=O)(=O)CCCCCCCc1ccc2sccc2c1. The van der Waals surface area contributed by atoms with Gasteiger partial charge in [0.1, 0.15) is 0 Å². The van der Waals surface area contributed by atoms with Gasteiger partial charge in [-0.25, -0.2) is 8.42 Å². The molecule has 0 unspecified atom stereocenters. The summed E-state index contributed by atoms with van der Waals surface area (Å²) in [7, 11) is -2.95. The fourth-order valence-electron chi connectivity index (χ4n) is 2.63. The molecule has 0 fully saturated rings. The number of unbranched alkanes of at least 4 members (excludes halogenated alkanes) is 4. The third-order valence-electron chi connectivity index (χ3n) is 4.33. The van der Waals surface area contributed by atoms with Crippen LogP contribution in [0, 0.1) is 0 Å². The molecule has 4 heteroatoms. The highest BCUT2D eigenvalue weighted by molar-refractivity contribution is 7.92. The predicted octanol–water partition coefficient (Wildman–Crippen LogP) is 5.61. The third kappa shape index (κ3) is 5.32. The van der Waals surface area contributed by atoms with Crippen LogP contribution in [0.25, 0.3) is 10.1 Å². The van der Waals surface area contributed by atoms with E-state index in [9.17, 15) is 8.42 Å². The lowest BCUT2D eigenvalue weighted by atomic mass is 10.0. The van der Waals surface area contributed by atoms with Crippen LogP contribution in [-0.4, -0.2) is 18.9 Å². The van der Waals surface area contributed by atoms with Crippen molar-refractivity contribution in [2.45, 2.75) is 64.0 Å². The predicted molar refractivity (Wildman–Crippen MR) is 102 cm³/mol. The van der Waals surface area contributed by atoms with Gasteiger partial charge >= 0.3 is 0 Å². The fourth-order valence-corrected chi connectivity index (χ4v) is 4.60. The number of hydrogen-bond acceptors (Lipinski definition) is 3. The first-order valence-corrected chi connectivity index (χ1v) is 11.0. The Morgan fingerprint density at radius 1 is 0.957 bits per heavy atom. The molecule has 2 aromatic rings. The molecule has 0 atom stereocenters. The number of thiophene rings is 1. The van der Waals surface area contributed by atoms with E-state index in [2.05, 4.69) is 29.6 Å². The zero-order valence-corrected chi connectivity index (χ0v) is 16.1. The van der Waals surface area contributed by atoms with E-state index in [1.165, 1.54) is 28.5 Å². The molecular formula is C19H28O2S2. The Kier molecular flexibility index (Phi) is 6.26. The van der Waals surface area contributed by atoms with Gasteiger partial charge in [-0.15, -0.1) is 11.3 Å². The van der Waals surface area contributed by atoms with E-state index in [4.69, 9.17) is 0 Å². The van der Waals surface area contributed by atoms with Gasteiger partial charge in [0.25, 0.3) is 0 Å². The van der Waals surface area contributed by atoms with E-state index < -0.39 is 14.6 Å². The summed E-state index contributed by atoms with van der Waals surface area (Å²) < 4.78 is 24.8.